The standard InChI is InChI=1S/C15H23O8P/c1-12(2)14-5-3-13(4-6-14)7-22-24(18,19)23-9-15(21-11-17)8-20-10-16/h3,10-11,14-15H,1,4-9H2,2H3,(H,18,19). The van der Waals surface area contributed by atoms with Crippen molar-refractivity contribution in [2.45, 2.75) is 32.3 Å². The highest BCUT2D eigenvalue weighted by Crippen LogP contribution is 2.44. The second-order valence-corrected chi connectivity index (χ2v) is 6.96. The van der Waals surface area contributed by atoms with Crippen molar-refractivity contribution in [2.75, 3.05) is 19.8 Å². The molecule has 0 amide bonds. The summed E-state index contributed by atoms with van der Waals surface area (Å²) in [5.41, 5.74) is 2.05. The average Bonchev–Trinajstić information content (AvgIpc) is 2.56. The van der Waals surface area contributed by atoms with Gasteiger partial charge in [0.2, 0.25) is 0 Å². The highest BCUT2D eigenvalue weighted by Gasteiger charge is 2.25. The van der Waals surface area contributed by atoms with Crippen LogP contribution in [-0.2, 0) is 32.7 Å². The number of rotatable bonds is 12. The molecule has 0 spiro atoms. The molecule has 0 bridgehead atoms. The third-order valence-corrected chi connectivity index (χ3v) is 4.57. The number of hydrogen-bond acceptors (Lipinski definition) is 7. The van der Waals surface area contributed by atoms with E-state index in [1.54, 1.807) is 0 Å². The third-order valence-electron chi connectivity index (χ3n) is 3.64. The molecule has 3 atom stereocenters. The summed E-state index contributed by atoms with van der Waals surface area (Å²) in [5.74, 6) is 0.435. The maximum atomic E-state index is 11.8. The number of ether oxygens (including phenoxy) is 2. The summed E-state index contributed by atoms with van der Waals surface area (Å²) in [5, 5.41) is 0. The van der Waals surface area contributed by atoms with Gasteiger partial charge in [0.05, 0.1) is 13.2 Å². The molecule has 0 fully saturated rings. The van der Waals surface area contributed by atoms with Crippen molar-refractivity contribution >= 4 is 20.8 Å². The molecule has 24 heavy (non-hydrogen) atoms. The highest BCUT2D eigenvalue weighted by molar-refractivity contribution is 7.47. The van der Waals surface area contributed by atoms with E-state index in [9.17, 15) is 19.0 Å². The first-order valence-corrected chi connectivity index (χ1v) is 8.97. The van der Waals surface area contributed by atoms with Gasteiger partial charge in [-0.1, -0.05) is 18.2 Å². The molecule has 0 aromatic carbocycles. The molecule has 1 N–H and O–H groups in total. The van der Waals surface area contributed by atoms with Crippen LogP contribution in [0.4, 0.5) is 0 Å². The Labute approximate surface area is 141 Å². The van der Waals surface area contributed by atoms with Crippen molar-refractivity contribution in [2.24, 2.45) is 5.92 Å². The van der Waals surface area contributed by atoms with Crippen LogP contribution in [0.5, 0.6) is 0 Å². The lowest BCUT2D eigenvalue weighted by atomic mass is 9.86. The molecule has 1 rings (SSSR count). The Kier molecular flexibility index (Phi) is 8.92. The topological polar surface area (TPSA) is 108 Å². The van der Waals surface area contributed by atoms with Gasteiger partial charge < -0.3 is 14.4 Å². The van der Waals surface area contributed by atoms with E-state index in [1.807, 2.05) is 13.0 Å². The summed E-state index contributed by atoms with van der Waals surface area (Å²) in [6.45, 7) is 5.50. The van der Waals surface area contributed by atoms with Gasteiger partial charge in [0.25, 0.3) is 12.9 Å². The average molecular weight is 362 g/mol. The van der Waals surface area contributed by atoms with Gasteiger partial charge in [-0.25, -0.2) is 4.57 Å². The van der Waals surface area contributed by atoms with E-state index in [0.29, 0.717) is 5.92 Å². The molecule has 0 aliphatic heterocycles. The molecule has 0 aromatic rings. The van der Waals surface area contributed by atoms with Crippen LogP contribution < -0.4 is 0 Å². The molecule has 0 saturated heterocycles. The fourth-order valence-electron chi connectivity index (χ4n) is 2.20. The molecule has 8 nitrogen and oxygen atoms in total. The number of phosphoric acid groups is 1. The highest BCUT2D eigenvalue weighted by atomic mass is 31.2. The first-order valence-electron chi connectivity index (χ1n) is 7.47. The predicted molar refractivity (Wildman–Crippen MR) is 84.9 cm³/mol. The van der Waals surface area contributed by atoms with Gasteiger partial charge in [-0.15, -0.1) is 0 Å². The van der Waals surface area contributed by atoms with Gasteiger partial charge in [-0.2, -0.15) is 0 Å². The lowest BCUT2D eigenvalue weighted by molar-refractivity contribution is -0.144. The Balaban J connectivity index is 2.40. The molecule has 0 aromatic heterocycles. The zero-order chi connectivity index (χ0) is 18.0. The molecule has 1 aliphatic carbocycles. The van der Waals surface area contributed by atoms with Crippen molar-refractivity contribution in [3.63, 3.8) is 0 Å². The van der Waals surface area contributed by atoms with E-state index in [0.717, 1.165) is 30.4 Å². The van der Waals surface area contributed by atoms with Crippen LogP contribution in [0, 0.1) is 5.92 Å². The van der Waals surface area contributed by atoms with Gasteiger partial charge in [0.15, 0.2) is 6.10 Å². The molecule has 1 aliphatic rings. The largest absolute Gasteiger partial charge is 0.472 e. The normalized spacial score (nSPS) is 21.1. The first-order chi connectivity index (χ1) is 11.4. The molecule has 9 heteroatoms. The molecule has 0 heterocycles. The maximum Gasteiger partial charge on any atom is 0.472 e. The lowest BCUT2D eigenvalue weighted by Crippen LogP contribution is -2.24. The van der Waals surface area contributed by atoms with E-state index in [2.05, 4.69) is 16.1 Å². The second-order valence-electron chi connectivity index (χ2n) is 5.50. The summed E-state index contributed by atoms with van der Waals surface area (Å²) >= 11 is 0. The fraction of sp³-hybridized carbons (Fsp3) is 0.600. The van der Waals surface area contributed by atoms with Crippen molar-refractivity contribution in [1.29, 1.82) is 0 Å². The van der Waals surface area contributed by atoms with Crippen LogP contribution in [0.1, 0.15) is 26.2 Å². The Morgan fingerprint density at radius 2 is 2.17 bits per heavy atom. The zero-order valence-electron chi connectivity index (χ0n) is 13.6. The van der Waals surface area contributed by atoms with Gasteiger partial charge in [-0.05, 0) is 37.7 Å². The van der Waals surface area contributed by atoms with E-state index in [1.165, 1.54) is 0 Å². The molecule has 0 radical (unpaired) electrons. The Hall–Kier alpha value is -1.47. The molecular weight excluding hydrogens is 339 g/mol. The number of carbonyl (C=O) groups is 2. The minimum Gasteiger partial charge on any atom is -0.464 e. The van der Waals surface area contributed by atoms with Gasteiger partial charge in [0.1, 0.15) is 6.61 Å². The summed E-state index contributed by atoms with van der Waals surface area (Å²) in [4.78, 5) is 30.1. The Morgan fingerprint density at radius 1 is 1.42 bits per heavy atom. The van der Waals surface area contributed by atoms with Crippen LogP contribution in [0.25, 0.3) is 0 Å². The smallest absolute Gasteiger partial charge is 0.464 e. The van der Waals surface area contributed by atoms with Gasteiger partial charge in [-0.3, -0.25) is 18.6 Å². The first kappa shape index (κ1) is 20.6. The second kappa shape index (κ2) is 10.4. The lowest BCUT2D eigenvalue weighted by Gasteiger charge is -2.23. The van der Waals surface area contributed by atoms with Crippen molar-refractivity contribution in [3.8, 4) is 0 Å². The van der Waals surface area contributed by atoms with Crippen LogP contribution in [0.3, 0.4) is 0 Å². The SMILES string of the molecule is C=C(C)C1CC=C(COP(=O)(O)OCC(COC=O)OC=O)CC1. The number of hydrogen-bond donors (Lipinski definition) is 1. The maximum absolute atomic E-state index is 11.8. The predicted octanol–water partition coefficient (Wildman–Crippen LogP) is 2.14. The molecule has 136 valence electrons. The van der Waals surface area contributed by atoms with Gasteiger partial charge in [0, 0.05) is 0 Å². The summed E-state index contributed by atoms with van der Waals surface area (Å²) in [6.07, 6.45) is 3.53. The third kappa shape index (κ3) is 7.88. The molecule has 0 saturated carbocycles. The van der Waals surface area contributed by atoms with Crippen molar-refractivity contribution < 1.29 is 37.6 Å². The molecule has 3 unspecified atom stereocenters. The quantitative estimate of drug-likeness (QED) is 0.320. The zero-order valence-corrected chi connectivity index (χ0v) is 14.5. The van der Waals surface area contributed by atoms with E-state index in [-0.39, 0.29) is 26.2 Å². The van der Waals surface area contributed by atoms with Crippen molar-refractivity contribution in [1.82, 2.24) is 0 Å². The van der Waals surface area contributed by atoms with Crippen LogP contribution >= 0.6 is 7.82 Å². The monoisotopic (exact) mass is 362 g/mol. The Bertz CT molecular complexity index is 516. The summed E-state index contributed by atoms with van der Waals surface area (Å²) in [6, 6.07) is 0. The number of phosphoric ester groups is 1. The van der Waals surface area contributed by atoms with Crippen LogP contribution in [0.15, 0.2) is 23.8 Å². The summed E-state index contributed by atoms with van der Waals surface area (Å²) < 4.78 is 30.5. The minimum absolute atomic E-state index is 0.0132. The fourth-order valence-corrected chi connectivity index (χ4v) is 2.96. The molecular formula is C15H23O8P. The van der Waals surface area contributed by atoms with Gasteiger partial charge >= 0.3 is 7.82 Å². The van der Waals surface area contributed by atoms with Crippen LogP contribution in [-0.4, -0.2) is 43.8 Å². The van der Waals surface area contributed by atoms with E-state index in [4.69, 9.17) is 9.05 Å². The van der Waals surface area contributed by atoms with E-state index < -0.39 is 20.5 Å². The number of carbonyl (C=O) groups excluding carboxylic acids is 2. The number of allylic oxidation sites excluding steroid dienone is 2. The minimum atomic E-state index is -4.30. The van der Waals surface area contributed by atoms with Crippen LogP contribution in [0.2, 0.25) is 0 Å². The Morgan fingerprint density at radius 3 is 2.71 bits per heavy atom. The summed E-state index contributed by atoms with van der Waals surface area (Å²) in [7, 11) is -4.30. The van der Waals surface area contributed by atoms with E-state index >= 15 is 0 Å². The van der Waals surface area contributed by atoms with Crippen molar-refractivity contribution in [3.05, 3.63) is 23.8 Å².